The van der Waals surface area contributed by atoms with Crippen LogP contribution in [0.1, 0.15) is 23.2 Å². The fraction of sp³-hybridized carbons (Fsp3) is 0.385. The maximum absolute atomic E-state index is 11.1. The van der Waals surface area contributed by atoms with Crippen molar-refractivity contribution in [3.8, 4) is 5.75 Å². The topological polar surface area (TPSA) is 92.9 Å². The first kappa shape index (κ1) is 13.2. The summed E-state index contributed by atoms with van der Waals surface area (Å²) in [5.41, 5.74) is 5.60. The summed E-state index contributed by atoms with van der Waals surface area (Å²) in [7, 11) is 0. The summed E-state index contributed by atoms with van der Waals surface area (Å²) in [6, 6.07) is 6.70. The van der Waals surface area contributed by atoms with Crippen LogP contribution >= 0.6 is 0 Å². The third-order valence-electron chi connectivity index (χ3n) is 3.13. The number of amides is 2. The zero-order chi connectivity index (χ0) is 13.8. The number of nitrogens with two attached hydrogens (primary N) is 1. The minimum Gasteiger partial charge on any atom is -0.490 e. The molecule has 19 heavy (non-hydrogen) atoms. The summed E-state index contributed by atoms with van der Waals surface area (Å²) in [5, 5.41) is 8.85. The molecule has 1 aliphatic heterocycles. The van der Waals surface area contributed by atoms with Crippen LogP contribution in [0.5, 0.6) is 5.75 Å². The molecule has 1 aromatic rings. The molecule has 1 aromatic carbocycles. The second kappa shape index (κ2) is 5.60. The number of ether oxygens (including phenoxy) is 1. The van der Waals surface area contributed by atoms with E-state index in [0.717, 1.165) is 0 Å². The summed E-state index contributed by atoms with van der Waals surface area (Å²) in [5.74, 6) is 0.0937. The number of likely N-dealkylation sites (tertiary alicyclic amines) is 1. The molecule has 0 saturated carbocycles. The summed E-state index contributed by atoms with van der Waals surface area (Å²) >= 11 is 0. The van der Waals surface area contributed by atoms with Crippen molar-refractivity contribution in [3.05, 3.63) is 29.8 Å². The van der Waals surface area contributed by atoms with Gasteiger partial charge in [0.15, 0.2) is 0 Å². The molecule has 1 saturated heterocycles. The molecule has 1 heterocycles. The Labute approximate surface area is 110 Å². The zero-order valence-electron chi connectivity index (χ0n) is 10.4. The maximum atomic E-state index is 11.1. The monoisotopic (exact) mass is 264 g/mol. The standard InChI is InChI=1S/C13H16N2O4/c14-12(16)9-2-1-3-11(8-9)19-10-4-6-15(7-5-10)13(17)18/h1-3,8,10H,4-7H2,(H2,14,16)(H,17,18). The Bertz CT molecular complexity index is 481. The second-order valence-corrected chi connectivity index (χ2v) is 4.48. The molecule has 0 aromatic heterocycles. The molecule has 0 atom stereocenters. The largest absolute Gasteiger partial charge is 0.490 e. The Balaban J connectivity index is 1.94. The SMILES string of the molecule is NC(=O)c1cccc(OC2CCN(C(=O)O)CC2)c1. The number of rotatable bonds is 3. The van der Waals surface area contributed by atoms with Gasteiger partial charge in [0.2, 0.25) is 5.91 Å². The van der Waals surface area contributed by atoms with E-state index >= 15 is 0 Å². The first-order valence-electron chi connectivity index (χ1n) is 6.10. The van der Waals surface area contributed by atoms with Crippen molar-refractivity contribution in [1.29, 1.82) is 0 Å². The Kier molecular flexibility index (Phi) is 3.89. The smallest absolute Gasteiger partial charge is 0.407 e. The Morgan fingerprint density at radius 2 is 2.00 bits per heavy atom. The van der Waals surface area contributed by atoms with E-state index in [1.54, 1.807) is 24.3 Å². The molecule has 3 N–H and O–H groups in total. The average molecular weight is 264 g/mol. The van der Waals surface area contributed by atoms with Gasteiger partial charge in [0.1, 0.15) is 11.9 Å². The van der Waals surface area contributed by atoms with Gasteiger partial charge in [0.05, 0.1) is 0 Å². The van der Waals surface area contributed by atoms with Crippen LogP contribution in [0.15, 0.2) is 24.3 Å². The lowest BCUT2D eigenvalue weighted by molar-refractivity contribution is 0.0889. The van der Waals surface area contributed by atoms with Gasteiger partial charge in [-0.15, -0.1) is 0 Å². The third kappa shape index (κ3) is 3.37. The summed E-state index contributed by atoms with van der Waals surface area (Å²) in [4.78, 5) is 23.2. The average Bonchev–Trinajstić information content (AvgIpc) is 2.39. The minimum atomic E-state index is -0.894. The molecule has 0 radical (unpaired) electrons. The van der Waals surface area contributed by atoms with E-state index < -0.39 is 12.0 Å². The molecule has 0 aliphatic carbocycles. The van der Waals surface area contributed by atoms with Crippen molar-refractivity contribution < 1.29 is 19.4 Å². The normalized spacial score (nSPS) is 16.1. The highest BCUT2D eigenvalue weighted by atomic mass is 16.5. The van der Waals surface area contributed by atoms with Crippen molar-refractivity contribution in [2.24, 2.45) is 5.73 Å². The van der Waals surface area contributed by atoms with Gasteiger partial charge >= 0.3 is 6.09 Å². The Morgan fingerprint density at radius 3 is 2.58 bits per heavy atom. The van der Waals surface area contributed by atoms with Gasteiger partial charge in [0.25, 0.3) is 0 Å². The molecular weight excluding hydrogens is 248 g/mol. The Morgan fingerprint density at radius 1 is 1.32 bits per heavy atom. The van der Waals surface area contributed by atoms with Gasteiger partial charge in [-0.1, -0.05) is 6.07 Å². The molecular formula is C13H16N2O4. The highest BCUT2D eigenvalue weighted by molar-refractivity contribution is 5.93. The quantitative estimate of drug-likeness (QED) is 0.860. The van der Waals surface area contributed by atoms with E-state index in [4.69, 9.17) is 15.6 Å². The van der Waals surface area contributed by atoms with Crippen molar-refractivity contribution in [1.82, 2.24) is 4.90 Å². The van der Waals surface area contributed by atoms with E-state index in [1.807, 2.05) is 0 Å². The summed E-state index contributed by atoms with van der Waals surface area (Å²) in [6.45, 7) is 0.936. The third-order valence-corrected chi connectivity index (χ3v) is 3.13. The van der Waals surface area contributed by atoms with Crippen LogP contribution in [-0.4, -0.2) is 41.2 Å². The highest BCUT2D eigenvalue weighted by Crippen LogP contribution is 2.20. The highest BCUT2D eigenvalue weighted by Gasteiger charge is 2.23. The number of carboxylic acid groups (broad SMARTS) is 1. The van der Waals surface area contributed by atoms with Crippen LogP contribution in [0.25, 0.3) is 0 Å². The second-order valence-electron chi connectivity index (χ2n) is 4.48. The van der Waals surface area contributed by atoms with E-state index in [0.29, 0.717) is 37.2 Å². The van der Waals surface area contributed by atoms with Gasteiger partial charge in [-0.05, 0) is 18.2 Å². The molecule has 0 unspecified atom stereocenters. The molecule has 1 aliphatic rings. The van der Waals surface area contributed by atoms with Crippen LogP contribution in [0.3, 0.4) is 0 Å². The fourth-order valence-electron chi connectivity index (χ4n) is 2.08. The van der Waals surface area contributed by atoms with Crippen molar-refractivity contribution in [2.75, 3.05) is 13.1 Å². The van der Waals surface area contributed by atoms with Crippen LogP contribution in [-0.2, 0) is 0 Å². The van der Waals surface area contributed by atoms with Crippen molar-refractivity contribution in [2.45, 2.75) is 18.9 Å². The molecule has 102 valence electrons. The lowest BCUT2D eigenvalue weighted by Crippen LogP contribution is -2.41. The number of benzene rings is 1. The van der Waals surface area contributed by atoms with Crippen LogP contribution in [0.2, 0.25) is 0 Å². The van der Waals surface area contributed by atoms with Crippen LogP contribution in [0, 0.1) is 0 Å². The number of primary amides is 1. The first-order chi connectivity index (χ1) is 9.06. The van der Waals surface area contributed by atoms with Gasteiger partial charge in [-0.3, -0.25) is 4.79 Å². The predicted octanol–water partition coefficient (Wildman–Crippen LogP) is 1.31. The molecule has 0 bridgehead atoms. The van der Waals surface area contributed by atoms with Gasteiger partial charge in [-0.2, -0.15) is 0 Å². The van der Waals surface area contributed by atoms with E-state index in [1.165, 1.54) is 4.90 Å². The Hall–Kier alpha value is -2.24. The lowest BCUT2D eigenvalue weighted by atomic mass is 10.1. The predicted molar refractivity (Wildman–Crippen MR) is 68.2 cm³/mol. The number of carbonyl (C=O) groups excluding carboxylic acids is 1. The van der Waals surface area contributed by atoms with Crippen molar-refractivity contribution >= 4 is 12.0 Å². The molecule has 6 nitrogen and oxygen atoms in total. The van der Waals surface area contributed by atoms with Gasteiger partial charge < -0.3 is 20.5 Å². The van der Waals surface area contributed by atoms with E-state index in [9.17, 15) is 9.59 Å². The summed E-state index contributed by atoms with van der Waals surface area (Å²) in [6.07, 6.45) is 0.369. The molecule has 2 amide bonds. The number of nitrogens with zero attached hydrogens (tertiary/aromatic N) is 1. The van der Waals surface area contributed by atoms with Crippen LogP contribution in [0.4, 0.5) is 4.79 Å². The first-order valence-corrected chi connectivity index (χ1v) is 6.10. The maximum Gasteiger partial charge on any atom is 0.407 e. The molecule has 2 rings (SSSR count). The molecule has 6 heteroatoms. The minimum absolute atomic E-state index is 0.0290. The van der Waals surface area contributed by atoms with E-state index in [2.05, 4.69) is 0 Å². The van der Waals surface area contributed by atoms with Gasteiger partial charge in [-0.25, -0.2) is 4.79 Å². The zero-order valence-corrected chi connectivity index (χ0v) is 10.4. The van der Waals surface area contributed by atoms with Crippen molar-refractivity contribution in [3.63, 3.8) is 0 Å². The molecule has 0 spiro atoms. The van der Waals surface area contributed by atoms with E-state index in [-0.39, 0.29) is 6.10 Å². The summed E-state index contributed by atoms with van der Waals surface area (Å²) < 4.78 is 5.75. The van der Waals surface area contributed by atoms with Crippen LogP contribution < -0.4 is 10.5 Å². The molecule has 1 fully saturated rings. The van der Waals surface area contributed by atoms with Gasteiger partial charge in [0, 0.05) is 31.5 Å². The number of piperidine rings is 1. The fourth-order valence-corrected chi connectivity index (χ4v) is 2.08. The lowest BCUT2D eigenvalue weighted by Gasteiger charge is -2.30. The number of hydrogen-bond acceptors (Lipinski definition) is 3. The number of hydrogen-bond donors (Lipinski definition) is 2. The number of carbonyl (C=O) groups is 2.